The van der Waals surface area contributed by atoms with E-state index in [2.05, 4.69) is 5.32 Å². The molecule has 0 aromatic rings. The van der Waals surface area contributed by atoms with E-state index in [1.807, 2.05) is 0 Å². The SMILES string of the molecule is O=C1CNC(=O)N1C1(C(=O)O)CCCCC1. The maximum atomic E-state index is 11.6. The van der Waals surface area contributed by atoms with Gasteiger partial charge in [0.2, 0.25) is 0 Å². The lowest BCUT2D eigenvalue weighted by Crippen LogP contribution is -2.58. The summed E-state index contributed by atoms with van der Waals surface area (Å²) in [6.45, 7) is -0.0894. The highest BCUT2D eigenvalue weighted by molar-refractivity contribution is 6.06. The summed E-state index contributed by atoms with van der Waals surface area (Å²) >= 11 is 0. The molecule has 3 amide bonds. The van der Waals surface area contributed by atoms with Crippen LogP contribution in [0.3, 0.4) is 0 Å². The zero-order valence-electron chi connectivity index (χ0n) is 8.86. The van der Waals surface area contributed by atoms with Crippen LogP contribution in [0.25, 0.3) is 0 Å². The lowest BCUT2D eigenvalue weighted by atomic mass is 9.80. The average molecular weight is 226 g/mol. The third kappa shape index (κ3) is 1.45. The van der Waals surface area contributed by atoms with Crippen LogP contribution < -0.4 is 5.32 Å². The summed E-state index contributed by atoms with van der Waals surface area (Å²) in [5, 5.41) is 11.7. The molecule has 2 fully saturated rings. The molecule has 0 unspecified atom stereocenters. The molecule has 1 saturated heterocycles. The highest BCUT2D eigenvalue weighted by Crippen LogP contribution is 2.35. The van der Waals surface area contributed by atoms with Crippen molar-refractivity contribution < 1.29 is 19.5 Å². The number of urea groups is 1. The molecule has 0 spiro atoms. The van der Waals surface area contributed by atoms with Gasteiger partial charge in [-0.3, -0.25) is 4.79 Å². The Hall–Kier alpha value is -1.59. The molecular weight excluding hydrogens is 212 g/mol. The second-order valence-electron chi connectivity index (χ2n) is 4.29. The van der Waals surface area contributed by atoms with E-state index in [0.717, 1.165) is 24.2 Å². The first-order valence-corrected chi connectivity index (χ1v) is 5.42. The number of rotatable bonds is 2. The van der Waals surface area contributed by atoms with Crippen LogP contribution in [0.2, 0.25) is 0 Å². The molecule has 0 bridgehead atoms. The number of amides is 3. The predicted octanol–water partition coefficient (Wildman–Crippen LogP) is 0.326. The van der Waals surface area contributed by atoms with Crippen molar-refractivity contribution in [3.05, 3.63) is 0 Å². The summed E-state index contributed by atoms with van der Waals surface area (Å²) in [6, 6.07) is -0.575. The number of nitrogens with zero attached hydrogens (tertiary/aromatic N) is 1. The van der Waals surface area contributed by atoms with Crippen molar-refractivity contribution in [3.63, 3.8) is 0 Å². The molecule has 2 aliphatic rings. The Morgan fingerprint density at radius 2 is 1.88 bits per heavy atom. The Morgan fingerprint density at radius 3 is 2.31 bits per heavy atom. The largest absolute Gasteiger partial charge is 0.479 e. The lowest BCUT2D eigenvalue weighted by Gasteiger charge is -2.38. The topological polar surface area (TPSA) is 86.7 Å². The summed E-state index contributed by atoms with van der Waals surface area (Å²) in [5.74, 6) is -1.51. The Bertz CT molecular complexity index is 331. The first-order valence-electron chi connectivity index (χ1n) is 5.42. The van der Waals surface area contributed by atoms with Crippen LogP contribution >= 0.6 is 0 Å². The zero-order chi connectivity index (χ0) is 11.8. The molecule has 6 nitrogen and oxygen atoms in total. The van der Waals surface area contributed by atoms with Crippen LogP contribution in [-0.2, 0) is 9.59 Å². The van der Waals surface area contributed by atoms with Crippen molar-refractivity contribution in [1.82, 2.24) is 10.2 Å². The van der Waals surface area contributed by atoms with Crippen molar-refractivity contribution in [2.75, 3.05) is 6.54 Å². The number of hydrogen-bond donors (Lipinski definition) is 2. The summed E-state index contributed by atoms with van der Waals surface area (Å²) in [4.78, 5) is 35.4. The smallest absolute Gasteiger partial charge is 0.330 e. The number of carboxylic acid groups (broad SMARTS) is 1. The first kappa shape index (κ1) is 10.9. The first-order chi connectivity index (χ1) is 7.58. The van der Waals surface area contributed by atoms with Crippen LogP contribution in [0, 0.1) is 0 Å². The van der Waals surface area contributed by atoms with E-state index in [1.165, 1.54) is 0 Å². The lowest BCUT2D eigenvalue weighted by molar-refractivity contribution is -0.156. The number of aliphatic carboxylic acids is 1. The van der Waals surface area contributed by atoms with Gasteiger partial charge >= 0.3 is 12.0 Å². The van der Waals surface area contributed by atoms with Crippen LogP contribution in [0.15, 0.2) is 0 Å². The maximum absolute atomic E-state index is 11.6. The molecule has 0 atom stereocenters. The summed E-state index contributed by atoms with van der Waals surface area (Å²) in [5.41, 5.74) is -1.31. The molecule has 16 heavy (non-hydrogen) atoms. The van der Waals surface area contributed by atoms with Gasteiger partial charge in [-0.1, -0.05) is 19.3 Å². The predicted molar refractivity (Wildman–Crippen MR) is 53.7 cm³/mol. The molecule has 1 heterocycles. The van der Waals surface area contributed by atoms with Crippen molar-refractivity contribution in [2.24, 2.45) is 0 Å². The molecule has 6 heteroatoms. The minimum Gasteiger partial charge on any atom is -0.479 e. The van der Waals surface area contributed by atoms with Crippen molar-refractivity contribution >= 4 is 17.9 Å². The normalized spacial score (nSPS) is 24.4. The number of carbonyl (C=O) groups excluding carboxylic acids is 2. The van der Waals surface area contributed by atoms with Gasteiger partial charge in [-0.25, -0.2) is 14.5 Å². The van der Waals surface area contributed by atoms with E-state index >= 15 is 0 Å². The van der Waals surface area contributed by atoms with E-state index in [0.29, 0.717) is 12.8 Å². The number of carbonyl (C=O) groups is 3. The van der Waals surface area contributed by atoms with E-state index in [4.69, 9.17) is 0 Å². The van der Waals surface area contributed by atoms with Gasteiger partial charge in [0, 0.05) is 0 Å². The van der Waals surface area contributed by atoms with E-state index in [1.54, 1.807) is 0 Å². The highest BCUT2D eigenvalue weighted by Gasteiger charge is 2.52. The molecule has 1 aliphatic heterocycles. The Labute approximate surface area is 92.6 Å². The standard InChI is InChI=1S/C10H14N2O4/c13-7-6-11-9(16)12(7)10(8(14)15)4-2-1-3-5-10/h1-6H2,(H,11,16)(H,14,15). The summed E-state index contributed by atoms with van der Waals surface area (Å²) < 4.78 is 0. The van der Waals surface area contributed by atoms with Crippen molar-refractivity contribution in [3.8, 4) is 0 Å². The van der Waals surface area contributed by atoms with Gasteiger partial charge in [0.05, 0.1) is 6.54 Å². The molecule has 2 rings (SSSR count). The monoisotopic (exact) mass is 226 g/mol. The minimum absolute atomic E-state index is 0.0894. The fraction of sp³-hybridized carbons (Fsp3) is 0.700. The van der Waals surface area contributed by atoms with E-state index in [9.17, 15) is 19.5 Å². The van der Waals surface area contributed by atoms with Gasteiger partial charge < -0.3 is 10.4 Å². The third-order valence-electron chi connectivity index (χ3n) is 3.35. The van der Waals surface area contributed by atoms with Crippen LogP contribution in [0.4, 0.5) is 4.79 Å². The number of imide groups is 1. The molecule has 1 aliphatic carbocycles. The maximum Gasteiger partial charge on any atom is 0.330 e. The van der Waals surface area contributed by atoms with E-state index < -0.39 is 23.4 Å². The molecular formula is C10H14N2O4. The number of carboxylic acids is 1. The molecule has 0 aromatic carbocycles. The molecule has 1 saturated carbocycles. The molecule has 0 aromatic heterocycles. The molecule has 88 valence electrons. The Morgan fingerprint density at radius 1 is 1.25 bits per heavy atom. The zero-order valence-corrected chi connectivity index (χ0v) is 8.86. The highest BCUT2D eigenvalue weighted by atomic mass is 16.4. The van der Waals surface area contributed by atoms with Crippen LogP contribution in [-0.4, -0.2) is 40.0 Å². The third-order valence-corrected chi connectivity index (χ3v) is 3.35. The minimum atomic E-state index is -1.31. The van der Waals surface area contributed by atoms with Crippen LogP contribution in [0.5, 0.6) is 0 Å². The number of hydrogen-bond acceptors (Lipinski definition) is 3. The molecule has 2 N–H and O–H groups in total. The second kappa shape index (κ2) is 3.77. The van der Waals surface area contributed by atoms with E-state index in [-0.39, 0.29) is 6.54 Å². The summed E-state index contributed by atoms with van der Waals surface area (Å²) in [6.07, 6.45) is 3.16. The Kier molecular flexibility index (Phi) is 2.57. The summed E-state index contributed by atoms with van der Waals surface area (Å²) in [7, 11) is 0. The molecule has 0 radical (unpaired) electrons. The fourth-order valence-electron chi connectivity index (χ4n) is 2.53. The fourth-order valence-corrected chi connectivity index (χ4v) is 2.53. The van der Waals surface area contributed by atoms with Gasteiger partial charge in [0.15, 0.2) is 0 Å². The second-order valence-corrected chi connectivity index (χ2v) is 4.29. The van der Waals surface area contributed by atoms with Crippen molar-refractivity contribution in [1.29, 1.82) is 0 Å². The van der Waals surface area contributed by atoms with Gasteiger partial charge in [-0.05, 0) is 12.8 Å². The quantitative estimate of drug-likeness (QED) is 0.664. The van der Waals surface area contributed by atoms with Gasteiger partial charge in [-0.15, -0.1) is 0 Å². The van der Waals surface area contributed by atoms with Gasteiger partial charge in [0.1, 0.15) is 5.54 Å². The van der Waals surface area contributed by atoms with Crippen LogP contribution in [0.1, 0.15) is 32.1 Å². The van der Waals surface area contributed by atoms with Gasteiger partial charge in [0.25, 0.3) is 5.91 Å². The Balaban J connectivity index is 2.34. The average Bonchev–Trinajstić information content (AvgIpc) is 2.60. The van der Waals surface area contributed by atoms with Gasteiger partial charge in [-0.2, -0.15) is 0 Å². The number of nitrogens with one attached hydrogen (secondary N) is 1. The van der Waals surface area contributed by atoms with Crippen molar-refractivity contribution in [2.45, 2.75) is 37.6 Å².